The van der Waals surface area contributed by atoms with Crippen molar-refractivity contribution < 1.29 is 0 Å². The molecule has 0 aliphatic heterocycles. The highest BCUT2D eigenvalue weighted by molar-refractivity contribution is 5.96. The van der Waals surface area contributed by atoms with Crippen molar-refractivity contribution in [2.24, 2.45) is 5.92 Å². The van der Waals surface area contributed by atoms with Crippen molar-refractivity contribution in [3.05, 3.63) is 149 Å². The van der Waals surface area contributed by atoms with Crippen LogP contribution in [0.1, 0.15) is 68.4 Å². The van der Waals surface area contributed by atoms with Gasteiger partial charge in [-0.3, -0.25) is 9.97 Å². The predicted molar refractivity (Wildman–Crippen MR) is 187 cm³/mol. The maximum atomic E-state index is 4.79. The van der Waals surface area contributed by atoms with E-state index in [2.05, 4.69) is 126 Å². The van der Waals surface area contributed by atoms with Crippen molar-refractivity contribution >= 4 is 27.4 Å². The Labute approximate surface area is 265 Å². The number of allylic oxidation sites excluding steroid dienone is 4. The monoisotopic (exact) mass is 580 g/mol. The summed E-state index contributed by atoms with van der Waals surface area (Å²) in [6.45, 7) is 12.1. The summed E-state index contributed by atoms with van der Waals surface area (Å²) >= 11 is 0. The molecule has 45 heavy (non-hydrogen) atoms. The molecule has 0 bridgehead atoms. The lowest BCUT2D eigenvalue weighted by Gasteiger charge is -2.33. The third-order valence-corrected chi connectivity index (χ3v) is 11.2. The summed E-state index contributed by atoms with van der Waals surface area (Å²) in [6.07, 6.45) is 8.78. The third-order valence-electron chi connectivity index (χ3n) is 11.2. The molecule has 0 saturated heterocycles. The fourth-order valence-electron chi connectivity index (χ4n) is 8.82. The van der Waals surface area contributed by atoms with Gasteiger partial charge >= 0.3 is 0 Å². The Morgan fingerprint density at radius 2 is 1.24 bits per heavy atom. The molecule has 2 unspecified atom stereocenters. The van der Waals surface area contributed by atoms with Gasteiger partial charge in [-0.1, -0.05) is 112 Å². The molecule has 0 N–H and O–H groups in total. The molecule has 0 saturated carbocycles. The van der Waals surface area contributed by atoms with Crippen LogP contribution in [0.5, 0.6) is 0 Å². The number of rotatable bonds is 2. The van der Waals surface area contributed by atoms with Gasteiger partial charge < -0.3 is 0 Å². The molecule has 0 radical (unpaired) electrons. The van der Waals surface area contributed by atoms with Crippen LogP contribution in [0.4, 0.5) is 0 Å². The second-order valence-electron chi connectivity index (χ2n) is 14.4. The zero-order valence-electron chi connectivity index (χ0n) is 26.5. The van der Waals surface area contributed by atoms with E-state index in [0.717, 1.165) is 11.0 Å². The van der Waals surface area contributed by atoms with Gasteiger partial charge in [-0.05, 0) is 87.0 Å². The number of fused-ring (bicyclic) bond motifs is 8. The van der Waals surface area contributed by atoms with Crippen LogP contribution in [-0.2, 0) is 10.8 Å². The van der Waals surface area contributed by atoms with Crippen molar-refractivity contribution in [2.45, 2.75) is 51.4 Å². The molecular weight excluding hydrogens is 544 g/mol. The average Bonchev–Trinajstić information content (AvgIpc) is 3.42. The lowest BCUT2D eigenvalue weighted by atomic mass is 9.70. The van der Waals surface area contributed by atoms with E-state index in [0.29, 0.717) is 11.8 Å². The Hall–Kier alpha value is -4.82. The van der Waals surface area contributed by atoms with Crippen molar-refractivity contribution in [1.82, 2.24) is 9.97 Å². The SMILES string of the molecule is CC1=CC(c2cccc3cccnc23)=CC2C1c1cc3c(cc1C2(C)C)-c1ccc(-c2cccc4cccnc24)cc1C3(C)C. The highest BCUT2D eigenvalue weighted by Gasteiger charge is 2.49. The first kappa shape index (κ1) is 26.6. The van der Waals surface area contributed by atoms with Gasteiger partial charge in [0.2, 0.25) is 0 Å². The van der Waals surface area contributed by atoms with Crippen molar-refractivity contribution in [3.8, 4) is 22.3 Å². The molecule has 0 amide bonds. The Balaban J connectivity index is 1.17. The van der Waals surface area contributed by atoms with Crippen molar-refractivity contribution in [2.75, 3.05) is 0 Å². The summed E-state index contributed by atoms with van der Waals surface area (Å²) in [5, 5.41) is 2.37. The summed E-state index contributed by atoms with van der Waals surface area (Å²) in [5.74, 6) is 0.765. The highest BCUT2D eigenvalue weighted by Crippen LogP contribution is 2.60. The van der Waals surface area contributed by atoms with E-state index < -0.39 is 0 Å². The highest BCUT2D eigenvalue weighted by atomic mass is 14.7. The van der Waals surface area contributed by atoms with Crippen LogP contribution >= 0.6 is 0 Å². The maximum Gasteiger partial charge on any atom is 0.0780 e. The fourth-order valence-corrected chi connectivity index (χ4v) is 8.82. The molecule has 0 fully saturated rings. The number of aromatic nitrogens is 2. The lowest BCUT2D eigenvalue weighted by molar-refractivity contribution is 0.388. The summed E-state index contributed by atoms with van der Waals surface area (Å²) in [7, 11) is 0. The van der Waals surface area contributed by atoms with Gasteiger partial charge in [0.15, 0.2) is 0 Å². The molecule has 2 atom stereocenters. The first-order chi connectivity index (χ1) is 21.7. The van der Waals surface area contributed by atoms with E-state index in [1.165, 1.54) is 72.0 Å². The maximum absolute atomic E-state index is 4.79. The molecule has 0 spiro atoms. The molecular formula is C43H36N2. The molecule has 2 heterocycles. The zero-order valence-corrected chi connectivity index (χ0v) is 26.5. The predicted octanol–water partition coefficient (Wildman–Crippen LogP) is 10.8. The first-order valence-corrected chi connectivity index (χ1v) is 16.2. The number of para-hydroxylation sites is 2. The number of nitrogens with zero attached hydrogens (tertiary/aromatic N) is 2. The van der Waals surface area contributed by atoms with E-state index in [9.17, 15) is 0 Å². The van der Waals surface area contributed by atoms with Gasteiger partial charge in [0, 0.05) is 45.6 Å². The van der Waals surface area contributed by atoms with E-state index in [1.807, 2.05) is 24.5 Å². The molecule has 2 nitrogen and oxygen atoms in total. The summed E-state index contributed by atoms with van der Waals surface area (Å²) < 4.78 is 0. The van der Waals surface area contributed by atoms with Crippen LogP contribution < -0.4 is 0 Å². The van der Waals surface area contributed by atoms with Crippen LogP contribution in [-0.4, -0.2) is 9.97 Å². The quantitative estimate of drug-likeness (QED) is 0.204. The van der Waals surface area contributed by atoms with E-state index in [1.54, 1.807) is 0 Å². The number of pyridine rings is 2. The standard InChI is InChI=1S/C43H36N2/c1-25-20-29(31-15-7-11-27-13-9-19-45-41(27)31)22-38-39(25)34-24-36-33(23-37(34)43(38,4)5)32-17-16-28(21-35(32)42(36,2)3)30-14-6-10-26-12-8-18-44-40(26)30/h6-24,38-39H,1-5H3. The van der Waals surface area contributed by atoms with Crippen molar-refractivity contribution in [1.29, 1.82) is 0 Å². The molecule has 9 rings (SSSR count). The Morgan fingerprint density at radius 3 is 1.98 bits per heavy atom. The minimum Gasteiger partial charge on any atom is -0.256 e. The van der Waals surface area contributed by atoms with Crippen LogP contribution in [0.2, 0.25) is 0 Å². The molecule has 3 aliphatic carbocycles. The van der Waals surface area contributed by atoms with Crippen LogP contribution in [0, 0.1) is 5.92 Å². The van der Waals surface area contributed by atoms with Gasteiger partial charge in [-0.25, -0.2) is 0 Å². The minimum absolute atomic E-state index is 0.00469. The topological polar surface area (TPSA) is 25.8 Å². The van der Waals surface area contributed by atoms with Gasteiger partial charge in [-0.15, -0.1) is 0 Å². The first-order valence-electron chi connectivity index (χ1n) is 16.2. The Kier molecular flexibility index (Phi) is 5.38. The minimum atomic E-state index is -0.0993. The van der Waals surface area contributed by atoms with Gasteiger partial charge in [-0.2, -0.15) is 0 Å². The van der Waals surface area contributed by atoms with Gasteiger partial charge in [0.25, 0.3) is 0 Å². The summed E-state index contributed by atoms with van der Waals surface area (Å²) in [6, 6.07) is 33.6. The average molecular weight is 581 g/mol. The summed E-state index contributed by atoms with van der Waals surface area (Å²) in [5.41, 5.74) is 17.0. The van der Waals surface area contributed by atoms with Gasteiger partial charge in [0.05, 0.1) is 11.0 Å². The smallest absolute Gasteiger partial charge is 0.0780 e. The van der Waals surface area contributed by atoms with Crippen LogP contribution in [0.3, 0.4) is 0 Å². The number of benzene rings is 4. The molecule has 218 valence electrons. The Morgan fingerprint density at radius 1 is 0.600 bits per heavy atom. The lowest BCUT2D eigenvalue weighted by Crippen LogP contribution is -2.26. The zero-order chi connectivity index (χ0) is 30.7. The summed E-state index contributed by atoms with van der Waals surface area (Å²) in [4.78, 5) is 9.54. The van der Waals surface area contributed by atoms with Crippen LogP contribution in [0.25, 0.3) is 49.6 Å². The largest absolute Gasteiger partial charge is 0.256 e. The molecule has 6 aromatic rings. The molecule has 2 heteroatoms. The second kappa shape index (κ2) is 9.11. The third kappa shape index (κ3) is 3.63. The van der Waals surface area contributed by atoms with E-state index >= 15 is 0 Å². The van der Waals surface area contributed by atoms with Gasteiger partial charge in [0.1, 0.15) is 0 Å². The van der Waals surface area contributed by atoms with E-state index in [4.69, 9.17) is 9.97 Å². The normalized spacial score (nSPS) is 20.3. The second-order valence-corrected chi connectivity index (χ2v) is 14.4. The van der Waals surface area contributed by atoms with E-state index in [-0.39, 0.29) is 10.8 Å². The molecule has 2 aromatic heterocycles. The number of hydrogen-bond donors (Lipinski definition) is 0. The number of hydrogen-bond acceptors (Lipinski definition) is 2. The van der Waals surface area contributed by atoms with Crippen molar-refractivity contribution in [3.63, 3.8) is 0 Å². The Bertz CT molecular complexity index is 2290. The van der Waals surface area contributed by atoms with Crippen LogP contribution in [0.15, 0.2) is 121 Å². The fraction of sp³-hybridized carbons (Fsp3) is 0.209. The molecule has 4 aromatic carbocycles. The molecule has 3 aliphatic rings.